The lowest BCUT2D eigenvalue weighted by Crippen LogP contribution is -2.11. The Balaban J connectivity index is 2.10. The zero-order valence-corrected chi connectivity index (χ0v) is 20.1. The van der Waals surface area contributed by atoms with Gasteiger partial charge in [-0.1, -0.05) is 70.9 Å². The van der Waals surface area contributed by atoms with Crippen molar-refractivity contribution < 1.29 is 26.3 Å². The summed E-state index contributed by atoms with van der Waals surface area (Å²) in [6, 6.07) is 6.27. The Kier molecular flexibility index (Phi) is 10.6. The number of aromatic nitrogens is 2. The van der Waals surface area contributed by atoms with Gasteiger partial charge in [-0.25, -0.2) is 8.42 Å². The first-order chi connectivity index (χ1) is 15.7. The van der Waals surface area contributed by atoms with Crippen molar-refractivity contribution in [2.75, 3.05) is 12.4 Å². The molecule has 9 heteroatoms. The summed E-state index contributed by atoms with van der Waals surface area (Å²) in [6.45, 7) is 4.30. The molecule has 0 saturated heterocycles. The minimum atomic E-state index is -4.65. The molecule has 0 unspecified atom stereocenters. The highest BCUT2D eigenvalue weighted by Gasteiger charge is 2.34. The Labute approximate surface area is 194 Å². The minimum Gasteiger partial charge on any atom is -0.463 e. The van der Waals surface area contributed by atoms with Gasteiger partial charge in [0.1, 0.15) is 0 Å². The van der Waals surface area contributed by atoms with Gasteiger partial charge in [0.25, 0.3) is 0 Å². The van der Waals surface area contributed by atoms with E-state index in [1.165, 1.54) is 43.5 Å². The first kappa shape index (κ1) is 27.1. The fourth-order valence-corrected chi connectivity index (χ4v) is 4.66. The predicted octanol–water partition coefficient (Wildman–Crippen LogP) is 6.87. The van der Waals surface area contributed by atoms with E-state index in [4.69, 9.17) is 4.74 Å². The van der Waals surface area contributed by atoms with Crippen molar-refractivity contribution in [1.82, 2.24) is 9.97 Å². The van der Waals surface area contributed by atoms with E-state index in [0.29, 0.717) is 18.4 Å². The third-order valence-corrected chi connectivity index (χ3v) is 7.07. The normalized spacial score (nSPS) is 12.2. The summed E-state index contributed by atoms with van der Waals surface area (Å²) in [7, 11) is -3.45. The summed E-state index contributed by atoms with van der Waals surface area (Å²) in [5.74, 6) is 0.0568. The maximum Gasteiger partial charge on any atom is 0.433 e. The number of benzene rings is 1. The number of ether oxygens (including phenoxy) is 1. The molecule has 0 atom stereocenters. The van der Waals surface area contributed by atoms with Gasteiger partial charge in [-0.05, 0) is 31.0 Å². The molecule has 0 amide bonds. The number of rotatable bonds is 14. The number of nitrogens with zero attached hydrogens (tertiary/aromatic N) is 2. The van der Waals surface area contributed by atoms with Gasteiger partial charge in [0.15, 0.2) is 15.5 Å². The number of hydrogen-bond acceptors (Lipinski definition) is 5. The third kappa shape index (κ3) is 8.95. The molecule has 0 aliphatic heterocycles. The highest BCUT2D eigenvalue weighted by molar-refractivity contribution is 7.91. The van der Waals surface area contributed by atoms with Gasteiger partial charge in [0, 0.05) is 5.56 Å². The van der Waals surface area contributed by atoms with Gasteiger partial charge in [-0.15, -0.1) is 0 Å². The summed E-state index contributed by atoms with van der Waals surface area (Å²) in [5.41, 5.74) is -0.715. The Bertz CT molecular complexity index is 962. The van der Waals surface area contributed by atoms with Gasteiger partial charge in [-0.2, -0.15) is 23.1 Å². The van der Waals surface area contributed by atoms with E-state index in [0.717, 1.165) is 31.7 Å². The Hall–Kier alpha value is -2.16. The second-order valence-electron chi connectivity index (χ2n) is 8.09. The first-order valence-corrected chi connectivity index (χ1v) is 13.2. The molecule has 0 saturated carbocycles. The quantitative estimate of drug-likeness (QED) is 0.273. The van der Waals surface area contributed by atoms with E-state index in [-0.39, 0.29) is 29.0 Å². The van der Waals surface area contributed by atoms with Crippen molar-refractivity contribution in [3.05, 3.63) is 36.0 Å². The molecule has 0 fully saturated rings. The highest BCUT2D eigenvalue weighted by Crippen LogP contribution is 2.32. The summed E-state index contributed by atoms with van der Waals surface area (Å²) in [4.78, 5) is 7.71. The zero-order valence-electron chi connectivity index (χ0n) is 19.3. The summed E-state index contributed by atoms with van der Waals surface area (Å²) < 4.78 is 70.3. The molecule has 0 N–H and O–H groups in total. The molecule has 2 aromatic rings. The molecule has 5 nitrogen and oxygen atoms in total. The lowest BCUT2D eigenvalue weighted by molar-refractivity contribution is -0.141. The molecule has 1 aromatic carbocycles. The maximum atomic E-state index is 13.3. The third-order valence-electron chi connectivity index (χ3n) is 5.25. The van der Waals surface area contributed by atoms with Crippen molar-refractivity contribution in [3.63, 3.8) is 0 Å². The van der Waals surface area contributed by atoms with E-state index >= 15 is 0 Å². The summed E-state index contributed by atoms with van der Waals surface area (Å²) >= 11 is 0. The van der Waals surface area contributed by atoms with Crippen LogP contribution in [0.25, 0.3) is 11.3 Å². The molecule has 0 spiro atoms. The van der Waals surface area contributed by atoms with Crippen LogP contribution in [0.15, 0.2) is 35.2 Å². The molecular formula is C24H33F3N2O3S. The molecule has 1 heterocycles. The van der Waals surface area contributed by atoms with Gasteiger partial charge < -0.3 is 4.74 Å². The maximum absolute atomic E-state index is 13.3. The van der Waals surface area contributed by atoms with Gasteiger partial charge in [0.2, 0.25) is 0 Å². The average Bonchev–Trinajstić information content (AvgIpc) is 2.78. The fraction of sp³-hybridized carbons (Fsp3) is 0.583. The van der Waals surface area contributed by atoms with Crippen LogP contribution in [0.4, 0.5) is 13.2 Å². The predicted molar refractivity (Wildman–Crippen MR) is 123 cm³/mol. The molecular weight excluding hydrogens is 453 g/mol. The molecule has 0 aliphatic carbocycles. The Morgan fingerprint density at radius 3 is 2.06 bits per heavy atom. The van der Waals surface area contributed by atoms with E-state index in [1.807, 2.05) is 6.92 Å². The Morgan fingerprint density at radius 1 is 0.848 bits per heavy atom. The van der Waals surface area contributed by atoms with E-state index in [9.17, 15) is 21.6 Å². The van der Waals surface area contributed by atoms with Crippen molar-refractivity contribution in [2.45, 2.75) is 82.7 Å². The van der Waals surface area contributed by atoms with Crippen LogP contribution in [0.2, 0.25) is 0 Å². The number of unbranched alkanes of at least 4 members (excludes halogenated alkanes) is 7. The van der Waals surface area contributed by atoms with Crippen LogP contribution in [-0.2, 0) is 16.0 Å². The van der Waals surface area contributed by atoms with E-state index in [1.54, 1.807) is 0 Å². The monoisotopic (exact) mass is 486 g/mol. The largest absolute Gasteiger partial charge is 0.463 e. The lowest BCUT2D eigenvalue weighted by Gasteiger charge is -2.11. The minimum absolute atomic E-state index is 0.0276. The molecule has 184 valence electrons. The van der Waals surface area contributed by atoms with Crippen molar-refractivity contribution >= 4 is 9.84 Å². The number of sulfone groups is 1. The number of hydrogen-bond donors (Lipinski definition) is 0. The van der Waals surface area contributed by atoms with Crippen LogP contribution >= 0.6 is 0 Å². The van der Waals surface area contributed by atoms with Crippen molar-refractivity contribution in [3.8, 4) is 17.3 Å². The van der Waals surface area contributed by atoms with E-state index in [2.05, 4.69) is 16.9 Å². The van der Waals surface area contributed by atoms with Crippen molar-refractivity contribution in [1.29, 1.82) is 0 Å². The van der Waals surface area contributed by atoms with Gasteiger partial charge in [-0.3, -0.25) is 0 Å². The smallest absolute Gasteiger partial charge is 0.433 e. The van der Waals surface area contributed by atoms with Gasteiger partial charge >= 0.3 is 12.2 Å². The van der Waals surface area contributed by atoms with Crippen LogP contribution < -0.4 is 4.74 Å². The highest BCUT2D eigenvalue weighted by atomic mass is 32.2. The molecule has 0 radical (unpaired) electrons. The fourth-order valence-electron chi connectivity index (χ4n) is 3.29. The first-order valence-electron chi connectivity index (χ1n) is 11.6. The number of halogens is 3. The summed E-state index contributed by atoms with van der Waals surface area (Å²) in [6.07, 6.45) is 3.98. The number of alkyl halides is 3. The second-order valence-corrected chi connectivity index (χ2v) is 10.2. The Morgan fingerprint density at radius 2 is 1.45 bits per heavy atom. The van der Waals surface area contributed by atoms with Crippen LogP contribution in [0.1, 0.15) is 77.3 Å². The molecule has 0 aliphatic rings. The molecule has 2 rings (SSSR count). The van der Waals surface area contributed by atoms with Crippen LogP contribution in [0.5, 0.6) is 6.01 Å². The van der Waals surface area contributed by atoms with Crippen LogP contribution in [0, 0.1) is 0 Å². The molecule has 0 bridgehead atoms. The van der Waals surface area contributed by atoms with Crippen LogP contribution in [0.3, 0.4) is 0 Å². The molecule has 1 aromatic heterocycles. The van der Waals surface area contributed by atoms with E-state index < -0.39 is 21.7 Å². The second kappa shape index (κ2) is 12.9. The lowest BCUT2D eigenvalue weighted by atomic mass is 10.1. The summed E-state index contributed by atoms with van der Waals surface area (Å²) in [5, 5.41) is 0. The van der Waals surface area contributed by atoms with Crippen LogP contribution in [-0.4, -0.2) is 30.7 Å². The topological polar surface area (TPSA) is 69.2 Å². The van der Waals surface area contributed by atoms with Crippen molar-refractivity contribution in [2.24, 2.45) is 0 Å². The average molecular weight is 487 g/mol. The zero-order chi connectivity index (χ0) is 24.3. The van der Waals surface area contributed by atoms with Gasteiger partial charge in [0.05, 0.1) is 22.9 Å². The SMILES string of the molecule is CCCCCCCCCS(=O)(=O)c1ccc(-c2cc(C(F)(F)F)nc(OCCCC)n2)cc1. The standard InChI is InChI=1S/C24H33F3N2O3S/c1-3-5-7-8-9-10-11-17-33(30,31)20-14-12-19(13-15-20)21-18-22(24(25,26)27)29-23(28-21)32-16-6-4-2/h12-15,18H,3-11,16-17H2,1-2H3. The molecule has 33 heavy (non-hydrogen) atoms.